The molecule has 3 aliphatic rings. The van der Waals surface area contributed by atoms with E-state index in [9.17, 15) is 14.7 Å². The Morgan fingerprint density at radius 1 is 1.38 bits per heavy atom. The minimum atomic E-state index is -0.224. The van der Waals surface area contributed by atoms with Crippen LogP contribution in [0.4, 0.5) is 0 Å². The van der Waals surface area contributed by atoms with Gasteiger partial charge in [-0.1, -0.05) is 0 Å². The van der Waals surface area contributed by atoms with E-state index in [1.807, 2.05) is 13.8 Å². The molecular weight excluding hydrogens is 268 g/mol. The highest BCUT2D eigenvalue weighted by atomic mass is 16.3. The van der Waals surface area contributed by atoms with Crippen LogP contribution >= 0.6 is 0 Å². The third-order valence-electron chi connectivity index (χ3n) is 5.76. The van der Waals surface area contributed by atoms with Gasteiger partial charge in [-0.25, -0.2) is 0 Å². The SMILES string of the molecule is CC(C)N1CC(C(=O)NC2C3CCC(C3)C2CO)CC1=O. The van der Waals surface area contributed by atoms with Crippen molar-refractivity contribution in [2.24, 2.45) is 23.7 Å². The van der Waals surface area contributed by atoms with Crippen molar-refractivity contribution < 1.29 is 14.7 Å². The number of carbonyl (C=O) groups excluding carboxylic acids is 2. The number of nitrogens with one attached hydrogen (secondary N) is 1. The first-order chi connectivity index (χ1) is 10.0. The molecule has 2 N–H and O–H groups in total. The van der Waals surface area contributed by atoms with Crippen molar-refractivity contribution >= 4 is 11.8 Å². The summed E-state index contributed by atoms with van der Waals surface area (Å²) in [4.78, 5) is 26.2. The fourth-order valence-electron chi connectivity index (χ4n) is 4.59. The summed E-state index contributed by atoms with van der Waals surface area (Å²) >= 11 is 0. The molecule has 2 amide bonds. The summed E-state index contributed by atoms with van der Waals surface area (Å²) in [6.07, 6.45) is 3.81. The van der Waals surface area contributed by atoms with Gasteiger partial charge in [-0.05, 0) is 44.9 Å². The Morgan fingerprint density at radius 2 is 2.10 bits per heavy atom. The number of rotatable bonds is 4. The molecule has 0 spiro atoms. The molecule has 1 heterocycles. The van der Waals surface area contributed by atoms with Crippen LogP contribution < -0.4 is 5.32 Å². The van der Waals surface area contributed by atoms with Gasteiger partial charge in [0.25, 0.3) is 0 Å². The predicted octanol–water partition coefficient (Wildman–Crippen LogP) is 0.766. The van der Waals surface area contributed by atoms with Crippen molar-refractivity contribution in [1.29, 1.82) is 0 Å². The molecule has 2 aliphatic carbocycles. The topological polar surface area (TPSA) is 69.6 Å². The molecule has 3 rings (SSSR count). The predicted molar refractivity (Wildman–Crippen MR) is 78.3 cm³/mol. The monoisotopic (exact) mass is 294 g/mol. The molecule has 5 nitrogen and oxygen atoms in total. The lowest BCUT2D eigenvalue weighted by molar-refractivity contribution is -0.130. The number of aliphatic hydroxyl groups is 1. The van der Waals surface area contributed by atoms with Gasteiger partial charge in [-0.3, -0.25) is 9.59 Å². The Morgan fingerprint density at radius 3 is 2.71 bits per heavy atom. The number of carbonyl (C=O) groups is 2. The van der Waals surface area contributed by atoms with E-state index in [2.05, 4.69) is 5.32 Å². The summed E-state index contributed by atoms with van der Waals surface area (Å²) < 4.78 is 0. The summed E-state index contributed by atoms with van der Waals surface area (Å²) in [5.74, 6) is 1.17. The first kappa shape index (κ1) is 14.8. The molecule has 2 bridgehead atoms. The largest absolute Gasteiger partial charge is 0.396 e. The van der Waals surface area contributed by atoms with Crippen LogP contribution in [-0.4, -0.2) is 47.1 Å². The fraction of sp³-hybridized carbons (Fsp3) is 0.875. The summed E-state index contributed by atoms with van der Waals surface area (Å²) in [5.41, 5.74) is 0. The van der Waals surface area contributed by atoms with Gasteiger partial charge in [0, 0.05) is 37.6 Å². The van der Waals surface area contributed by atoms with Crippen molar-refractivity contribution in [1.82, 2.24) is 10.2 Å². The summed E-state index contributed by atoms with van der Waals surface area (Å²) in [6, 6.07) is 0.271. The Labute approximate surface area is 126 Å². The molecule has 1 saturated heterocycles. The van der Waals surface area contributed by atoms with Crippen molar-refractivity contribution in [3.05, 3.63) is 0 Å². The van der Waals surface area contributed by atoms with Crippen molar-refractivity contribution in [3.8, 4) is 0 Å². The highest BCUT2D eigenvalue weighted by Gasteiger charge is 2.48. The first-order valence-electron chi connectivity index (χ1n) is 8.22. The molecule has 118 valence electrons. The molecule has 1 aliphatic heterocycles. The van der Waals surface area contributed by atoms with E-state index in [0.717, 1.165) is 12.8 Å². The van der Waals surface area contributed by atoms with Crippen LogP contribution in [0.5, 0.6) is 0 Å². The number of aliphatic hydroxyl groups excluding tert-OH is 1. The van der Waals surface area contributed by atoms with Gasteiger partial charge >= 0.3 is 0 Å². The molecule has 21 heavy (non-hydrogen) atoms. The second-order valence-electron chi connectivity index (χ2n) is 7.25. The molecule has 0 aromatic rings. The molecular formula is C16H26N2O3. The minimum Gasteiger partial charge on any atom is -0.396 e. The lowest BCUT2D eigenvalue weighted by Gasteiger charge is -2.31. The quantitative estimate of drug-likeness (QED) is 0.804. The average Bonchev–Trinajstić information content (AvgIpc) is 3.12. The summed E-state index contributed by atoms with van der Waals surface area (Å²) in [7, 11) is 0. The van der Waals surface area contributed by atoms with Crippen LogP contribution in [0, 0.1) is 23.7 Å². The normalized spacial score (nSPS) is 38.6. The second-order valence-corrected chi connectivity index (χ2v) is 7.25. The van der Waals surface area contributed by atoms with Gasteiger partial charge in [0.2, 0.25) is 11.8 Å². The van der Waals surface area contributed by atoms with Gasteiger partial charge < -0.3 is 15.3 Å². The Hall–Kier alpha value is -1.10. The summed E-state index contributed by atoms with van der Waals surface area (Å²) in [6.45, 7) is 4.66. The van der Waals surface area contributed by atoms with Gasteiger partial charge in [0.15, 0.2) is 0 Å². The van der Waals surface area contributed by atoms with Crippen LogP contribution in [0.3, 0.4) is 0 Å². The lowest BCUT2D eigenvalue weighted by atomic mass is 9.84. The Bertz CT molecular complexity index is 437. The van der Waals surface area contributed by atoms with E-state index in [1.165, 1.54) is 6.42 Å². The summed E-state index contributed by atoms with van der Waals surface area (Å²) in [5, 5.41) is 12.7. The third-order valence-corrected chi connectivity index (χ3v) is 5.76. The smallest absolute Gasteiger partial charge is 0.225 e. The number of nitrogens with zero attached hydrogens (tertiary/aromatic N) is 1. The standard InChI is InChI=1S/C16H26N2O3/c1-9(2)18-7-12(6-14(18)20)16(21)17-15-11-4-3-10(5-11)13(15)8-19/h9-13,15,19H,3-8H2,1-2H3,(H,17,21). The third kappa shape index (κ3) is 2.56. The molecule has 0 radical (unpaired) electrons. The van der Waals surface area contributed by atoms with Gasteiger partial charge in [0.1, 0.15) is 0 Å². The molecule has 5 heteroatoms. The highest BCUT2D eigenvalue weighted by molar-refractivity contribution is 5.89. The zero-order valence-corrected chi connectivity index (χ0v) is 12.9. The van der Waals surface area contributed by atoms with E-state index in [4.69, 9.17) is 0 Å². The molecule has 5 atom stereocenters. The molecule has 3 fully saturated rings. The van der Waals surface area contributed by atoms with Crippen LogP contribution in [0.15, 0.2) is 0 Å². The molecule has 2 saturated carbocycles. The van der Waals surface area contributed by atoms with Crippen LogP contribution in [0.1, 0.15) is 39.5 Å². The van der Waals surface area contributed by atoms with E-state index >= 15 is 0 Å². The van der Waals surface area contributed by atoms with Crippen molar-refractivity contribution in [2.75, 3.05) is 13.2 Å². The van der Waals surface area contributed by atoms with Gasteiger partial charge in [0.05, 0.1) is 5.92 Å². The van der Waals surface area contributed by atoms with Crippen LogP contribution in [0.2, 0.25) is 0 Å². The molecule has 0 aromatic carbocycles. The average molecular weight is 294 g/mol. The van der Waals surface area contributed by atoms with E-state index in [1.54, 1.807) is 4.90 Å². The number of fused-ring (bicyclic) bond motifs is 2. The first-order valence-corrected chi connectivity index (χ1v) is 8.22. The van der Waals surface area contributed by atoms with Crippen molar-refractivity contribution in [3.63, 3.8) is 0 Å². The van der Waals surface area contributed by atoms with Crippen LogP contribution in [-0.2, 0) is 9.59 Å². The highest BCUT2D eigenvalue weighted by Crippen LogP contribution is 2.48. The van der Waals surface area contributed by atoms with E-state index < -0.39 is 0 Å². The number of likely N-dealkylation sites (tertiary alicyclic amines) is 1. The maximum atomic E-state index is 12.5. The Balaban J connectivity index is 1.61. The molecule has 0 aromatic heterocycles. The number of hydrogen-bond donors (Lipinski definition) is 2. The number of hydrogen-bond acceptors (Lipinski definition) is 3. The Kier molecular flexibility index (Phi) is 3.95. The number of amides is 2. The van der Waals surface area contributed by atoms with Crippen LogP contribution in [0.25, 0.3) is 0 Å². The second kappa shape index (κ2) is 5.59. The lowest BCUT2D eigenvalue weighted by Crippen LogP contribution is -2.47. The zero-order chi connectivity index (χ0) is 15.1. The van der Waals surface area contributed by atoms with Gasteiger partial charge in [-0.2, -0.15) is 0 Å². The zero-order valence-electron chi connectivity index (χ0n) is 12.9. The van der Waals surface area contributed by atoms with Gasteiger partial charge in [-0.15, -0.1) is 0 Å². The maximum absolute atomic E-state index is 12.5. The van der Waals surface area contributed by atoms with Crippen molar-refractivity contribution in [2.45, 2.75) is 51.6 Å². The van der Waals surface area contributed by atoms with E-state index in [0.29, 0.717) is 24.8 Å². The van der Waals surface area contributed by atoms with E-state index in [-0.39, 0.29) is 42.3 Å². The maximum Gasteiger partial charge on any atom is 0.225 e. The fourth-order valence-corrected chi connectivity index (χ4v) is 4.59. The minimum absolute atomic E-state index is 0.00231. The molecule has 5 unspecified atom stereocenters.